The van der Waals surface area contributed by atoms with Crippen LogP contribution >= 0.6 is 11.3 Å². The summed E-state index contributed by atoms with van der Waals surface area (Å²) in [6.07, 6.45) is 3.89. The summed E-state index contributed by atoms with van der Waals surface area (Å²) in [5.41, 5.74) is 1.59. The molecule has 0 amide bonds. The van der Waals surface area contributed by atoms with Crippen LogP contribution < -0.4 is 10.1 Å². The Bertz CT molecular complexity index is 571. The van der Waals surface area contributed by atoms with Crippen molar-refractivity contribution < 1.29 is 4.74 Å². The highest BCUT2D eigenvalue weighted by atomic mass is 32.1. The van der Waals surface area contributed by atoms with Gasteiger partial charge in [-0.25, -0.2) is 0 Å². The molecule has 0 atom stereocenters. The quantitative estimate of drug-likeness (QED) is 0.794. The molecule has 1 aromatic heterocycles. The Labute approximate surface area is 118 Å². The van der Waals surface area contributed by atoms with Gasteiger partial charge in [0.2, 0.25) is 0 Å². The van der Waals surface area contributed by atoms with Gasteiger partial charge in [-0.2, -0.15) is 0 Å². The number of fused-ring (bicyclic) bond motifs is 1. The van der Waals surface area contributed by atoms with E-state index in [1.54, 1.807) is 12.7 Å². The molecule has 0 unspecified atom stereocenters. The minimum absolute atomic E-state index is 0.791. The lowest BCUT2D eigenvalue weighted by Gasteiger charge is -2.04. The molecule has 0 radical (unpaired) electrons. The van der Waals surface area contributed by atoms with E-state index < -0.39 is 0 Å². The van der Waals surface area contributed by atoms with E-state index in [0.29, 0.717) is 0 Å². The van der Waals surface area contributed by atoms with Gasteiger partial charge in [0.15, 0.2) is 0 Å². The molecule has 0 spiro atoms. The Kier molecular flexibility index (Phi) is 3.76. The molecule has 2 aromatic rings. The van der Waals surface area contributed by atoms with E-state index in [1.165, 1.54) is 34.2 Å². The first kappa shape index (κ1) is 12.9. The highest BCUT2D eigenvalue weighted by Crippen LogP contribution is 2.49. The normalized spacial score (nSPS) is 15.1. The molecule has 2 nitrogen and oxygen atoms in total. The molecule has 0 saturated heterocycles. The summed E-state index contributed by atoms with van der Waals surface area (Å²) in [6.45, 7) is 4.31. The topological polar surface area (TPSA) is 21.3 Å². The summed E-state index contributed by atoms with van der Waals surface area (Å²) >= 11 is 1.91. The summed E-state index contributed by atoms with van der Waals surface area (Å²) in [5.74, 6) is 1.81. The van der Waals surface area contributed by atoms with Crippen molar-refractivity contribution in [2.45, 2.75) is 38.6 Å². The van der Waals surface area contributed by atoms with Gasteiger partial charge in [0, 0.05) is 16.8 Å². The van der Waals surface area contributed by atoms with Crippen molar-refractivity contribution in [3.63, 3.8) is 0 Å². The van der Waals surface area contributed by atoms with E-state index >= 15 is 0 Å². The van der Waals surface area contributed by atoms with Crippen molar-refractivity contribution in [2.24, 2.45) is 0 Å². The Hall–Kier alpha value is -1.06. The smallest absolute Gasteiger partial charge is 0.136 e. The van der Waals surface area contributed by atoms with Crippen molar-refractivity contribution in [2.75, 3.05) is 13.7 Å². The van der Waals surface area contributed by atoms with Crippen LogP contribution in [0.25, 0.3) is 10.1 Å². The number of methoxy groups -OCH3 is 1. The van der Waals surface area contributed by atoms with Gasteiger partial charge in [-0.1, -0.05) is 19.1 Å². The lowest BCUT2D eigenvalue weighted by atomic mass is 10.1. The van der Waals surface area contributed by atoms with Gasteiger partial charge in [-0.05, 0) is 43.4 Å². The fourth-order valence-corrected chi connectivity index (χ4v) is 4.00. The lowest BCUT2D eigenvalue weighted by Crippen LogP contribution is -2.13. The number of rotatable bonds is 6. The minimum atomic E-state index is 0.791. The van der Waals surface area contributed by atoms with Crippen molar-refractivity contribution in [1.29, 1.82) is 0 Å². The molecule has 3 heteroatoms. The predicted octanol–water partition coefficient (Wildman–Crippen LogP) is 4.29. The maximum Gasteiger partial charge on any atom is 0.136 e. The third-order valence-electron chi connectivity index (χ3n) is 3.71. The second-order valence-corrected chi connectivity index (χ2v) is 6.33. The van der Waals surface area contributed by atoms with Gasteiger partial charge in [0.25, 0.3) is 0 Å². The van der Waals surface area contributed by atoms with E-state index in [0.717, 1.165) is 24.8 Å². The molecule has 1 aliphatic rings. The summed E-state index contributed by atoms with van der Waals surface area (Å²) in [6, 6.07) is 6.44. The molecule has 1 aliphatic carbocycles. The molecule has 0 bridgehead atoms. The molecule has 1 saturated carbocycles. The van der Waals surface area contributed by atoms with Gasteiger partial charge in [0.05, 0.1) is 11.8 Å². The number of nitrogens with one attached hydrogen (secondary N) is 1. The van der Waals surface area contributed by atoms with Gasteiger partial charge >= 0.3 is 0 Å². The first-order valence-corrected chi connectivity index (χ1v) is 7.95. The van der Waals surface area contributed by atoms with Gasteiger partial charge in [-0.3, -0.25) is 0 Å². The fraction of sp³-hybridized carbons (Fsp3) is 0.500. The van der Waals surface area contributed by atoms with Crippen LogP contribution in [0.3, 0.4) is 0 Å². The number of ether oxygens (including phenoxy) is 1. The fourth-order valence-electron chi connectivity index (χ4n) is 2.65. The maximum absolute atomic E-state index is 5.51. The minimum Gasteiger partial charge on any atom is -0.495 e. The monoisotopic (exact) mass is 275 g/mol. The van der Waals surface area contributed by atoms with Crippen LogP contribution in [0.1, 0.15) is 42.5 Å². The Morgan fingerprint density at radius 1 is 1.37 bits per heavy atom. The molecule has 1 heterocycles. The van der Waals surface area contributed by atoms with Gasteiger partial charge in [-0.15, -0.1) is 11.3 Å². The van der Waals surface area contributed by atoms with Crippen molar-refractivity contribution in [3.05, 3.63) is 28.6 Å². The van der Waals surface area contributed by atoms with Crippen LogP contribution in [0.5, 0.6) is 5.75 Å². The summed E-state index contributed by atoms with van der Waals surface area (Å²) in [7, 11) is 1.76. The first-order chi connectivity index (χ1) is 9.35. The highest BCUT2D eigenvalue weighted by molar-refractivity contribution is 7.19. The van der Waals surface area contributed by atoms with Crippen molar-refractivity contribution in [3.8, 4) is 5.75 Å². The third kappa shape index (κ3) is 2.49. The summed E-state index contributed by atoms with van der Waals surface area (Å²) in [5, 5.41) is 4.96. The molecule has 3 rings (SSSR count). The van der Waals surface area contributed by atoms with Gasteiger partial charge < -0.3 is 10.1 Å². The van der Waals surface area contributed by atoms with Crippen LogP contribution in [0, 0.1) is 0 Å². The molecule has 1 fully saturated rings. The number of hydrogen-bond donors (Lipinski definition) is 1. The first-order valence-electron chi connectivity index (χ1n) is 7.14. The Morgan fingerprint density at radius 3 is 2.89 bits per heavy atom. The van der Waals surface area contributed by atoms with Crippen molar-refractivity contribution >= 4 is 21.4 Å². The van der Waals surface area contributed by atoms with Crippen LogP contribution in [0.2, 0.25) is 0 Å². The second-order valence-electron chi connectivity index (χ2n) is 5.23. The zero-order chi connectivity index (χ0) is 13.2. The SMILES string of the molecule is CCCNCc1sc2c(OC)cccc2c1C1CC1. The standard InChI is InChI=1S/C16H21NOS/c1-3-9-17-10-14-15(11-7-8-11)12-5-4-6-13(18-2)16(12)19-14/h4-6,11,17H,3,7-10H2,1-2H3. The van der Waals surface area contributed by atoms with E-state index in [2.05, 4.69) is 30.4 Å². The molecule has 0 aliphatic heterocycles. The second kappa shape index (κ2) is 5.51. The van der Waals surface area contributed by atoms with E-state index in [-0.39, 0.29) is 0 Å². The average Bonchev–Trinajstić information content (AvgIpc) is 3.19. The third-order valence-corrected chi connectivity index (χ3v) is 4.95. The van der Waals surface area contributed by atoms with E-state index in [1.807, 2.05) is 11.3 Å². The van der Waals surface area contributed by atoms with E-state index in [4.69, 9.17) is 4.74 Å². The maximum atomic E-state index is 5.51. The molecule has 1 aromatic carbocycles. The molecule has 1 N–H and O–H groups in total. The predicted molar refractivity (Wildman–Crippen MR) is 82.3 cm³/mol. The molecular formula is C16H21NOS. The summed E-state index contributed by atoms with van der Waals surface area (Å²) in [4.78, 5) is 1.51. The highest BCUT2D eigenvalue weighted by Gasteiger charge is 2.30. The van der Waals surface area contributed by atoms with Crippen molar-refractivity contribution in [1.82, 2.24) is 5.32 Å². The summed E-state index contributed by atoms with van der Waals surface area (Å²) < 4.78 is 6.83. The average molecular weight is 275 g/mol. The Morgan fingerprint density at radius 2 is 2.21 bits per heavy atom. The zero-order valence-electron chi connectivity index (χ0n) is 11.7. The number of hydrogen-bond acceptors (Lipinski definition) is 3. The van der Waals surface area contributed by atoms with E-state index in [9.17, 15) is 0 Å². The lowest BCUT2D eigenvalue weighted by molar-refractivity contribution is 0.420. The zero-order valence-corrected chi connectivity index (χ0v) is 12.5. The molecular weight excluding hydrogens is 254 g/mol. The Balaban J connectivity index is 2.02. The van der Waals surface area contributed by atoms with Crippen LogP contribution in [-0.2, 0) is 6.54 Å². The number of benzene rings is 1. The van der Waals surface area contributed by atoms with Crippen LogP contribution in [-0.4, -0.2) is 13.7 Å². The van der Waals surface area contributed by atoms with Crippen LogP contribution in [0.15, 0.2) is 18.2 Å². The largest absolute Gasteiger partial charge is 0.495 e. The molecule has 102 valence electrons. The van der Waals surface area contributed by atoms with Crippen LogP contribution in [0.4, 0.5) is 0 Å². The van der Waals surface area contributed by atoms with Gasteiger partial charge in [0.1, 0.15) is 5.75 Å². The number of thiophene rings is 1. The molecule has 19 heavy (non-hydrogen) atoms.